The number of nitrogens with one attached hydrogen (secondary N) is 1. The highest BCUT2D eigenvalue weighted by Crippen LogP contribution is 2.34. The number of amides is 3. The molecule has 1 aliphatic heterocycles. The third kappa shape index (κ3) is 6.21. The monoisotopic (exact) mass is 533 g/mol. The Balaban J connectivity index is 1.50. The zero-order chi connectivity index (χ0) is 27.1. The van der Waals surface area contributed by atoms with Crippen molar-refractivity contribution in [2.75, 3.05) is 29.4 Å². The van der Waals surface area contributed by atoms with Crippen molar-refractivity contribution in [3.8, 4) is 0 Å². The fourth-order valence-electron chi connectivity index (χ4n) is 4.10. The number of nitrogens with zero attached hydrogens (tertiary/aromatic N) is 4. The van der Waals surface area contributed by atoms with Gasteiger partial charge in [-0.05, 0) is 37.1 Å². The number of hydrogen-bond donors (Lipinski definition) is 3. The number of hydrogen-bond acceptors (Lipinski definition) is 7. The molecule has 4 rings (SSSR count). The highest BCUT2D eigenvalue weighted by Gasteiger charge is 2.34. The molecule has 5 N–H and O–H groups in total. The van der Waals surface area contributed by atoms with Crippen LogP contribution in [0.1, 0.15) is 33.0 Å². The fourth-order valence-corrected chi connectivity index (χ4v) is 4.73. The lowest BCUT2D eigenvalue weighted by atomic mass is 10.1. The number of para-hydroxylation sites is 2. The van der Waals surface area contributed by atoms with Gasteiger partial charge in [0.1, 0.15) is 13.1 Å². The van der Waals surface area contributed by atoms with Crippen molar-refractivity contribution in [3.05, 3.63) is 76.7 Å². The molecule has 0 bridgehead atoms. The van der Waals surface area contributed by atoms with E-state index < -0.39 is 17.9 Å². The molecule has 1 aliphatic rings. The molecule has 0 fully saturated rings. The van der Waals surface area contributed by atoms with E-state index in [4.69, 9.17) is 11.5 Å². The number of nitrogens with two attached hydrogens (primary N) is 2. The second kappa shape index (κ2) is 12.1. The molecular formula is C26H27N7O4S. The summed E-state index contributed by atoms with van der Waals surface area (Å²) in [6.45, 7) is -0.250. The van der Waals surface area contributed by atoms with E-state index in [1.807, 2.05) is 0 Å². The number of aliphatic imine (C=N–C) groups is 1. The van der Waals surface area contributed by atoms with Gasteiger partial charge in [-0.3, -0.25) is 34.0 Å². The second-order valence-electron chi connectivity index (χ2n) is 8.50. The van der Waals surface area contributed by atoms with Crippen LogP contribution in [0.5, 0.6) is 0 Å². The molecule has 38 heavy (non-hydrogen) atoms. The van der Waals surface area contributed by atoms with Crippen molar-refractivity contribution in [1.82, 2.24) is 10.3 Å². The molecule has 2 heterocycles. The van der Waals surface area contributed by atoms with E-state index in [1.54, 1.807) is 60.0 Å². The predicted molar refractivity (Wildman–Crippen MR) is 145 cm³/mol. The minimum absolute atomic E-state index is 0.0566. The smallest absolute Gasteiger partial charge is 0.258 e. The molecule has 0 radical (unpaired) electrons. The number of guanidine groups is 1. The number of carbonyl (C=O) groups is 4. The Morgan fingerprint density at radius 3 is 2.45 bits per heavy atom. The minimum Gasteiger partial charge on any atom is -0.370 e. The number of ketones is 1. The molecule has 0 spiro atoms. The number of carbonyl (C=O) groups excluding carboxylic acids is 4. The molecule has 3 amide bonds. The number of benzene rings is 2. The first-order valence-corrected chi connectivity index (χ1v) is 12.8. The van der Waals surface area contributed by atoms with Gasteiger partial charge in [0, 0.05) is 23.7 Å². The summed E-state index contributed by atoms with van der Waals surface area (Å²) >= 11 is 1.18. The summed E-state index contributed by atoms with van der Waals surface area (Å²) in [6.07, 6.45) is 2.24. The first-order chi connectivity index (χ1) is 18.3. The van der Waals surface area contributed by atoms with E-state index in [1.165, 1.54) is 27.3 Å². The van der Waals surface area contributed by atoms with Crippen LogP contribution in [0, 0.1) is 0 Å². The highest BCUT2D eigenvalue weighted by atomic mass is 32.1. The van der Waals surface area contributed by atoms with Crippen LogP contribution < -0.4 is 26.6 Å². The van der Waals surface area contributed by atoms with Gasteiger partial charge in [-0.15, -0.1) is 11.3 Å². The van der Waals surface area contributed by atoms with E-state index in [-0.39, 0.29) is 42.2 Å². The Morgan fingerprint density at radius 2 is 1.76 bits per heavy atom. The molecule has 0 aliphatic carbocycles. The minimum atomic E-state index is -0.867. The van der Waals surface area contributed by atoms with Gasteiger partial charge in [-0.2, -0.15) is 0 Å². The molecule has 2 aromatic carbocycles. The van der Waals surface area contributed by atoms with Crippen molar-refractivity contribution in [2.24, 2.45) is 16.5 Å². The van der Waals surface area contributed by atoms with Gasteiger partial charge in [-0.1, -0.05) is 30.3 Å². The van der Waals surface area contributed by atoms with Crippen molar-refractivity contribution in [3.63, 3.8) is 0 Å². The van der Waals surface area contributed by atoms with Crippen LogP contribution >= 0.6 is 11.3 Å². The summed E-state index contributed by atoms with van der Waals surface area (Å²) in [5.41, 5.74) is 12.1. The first-order valence-electron chi connectivity index (χ1n) is 11.9. The van der Waals surface area contributed by atoms with Crippen molar-refractivity contribution >= 4 is 52.2 Å². The lowest BCUT2D eigenvalue weighted by Gasteiger charge is -2.36. The summed E-state index contributed by atoms with van der Waals surface area (Å²) in [5.74, 6) is -1.64. The summed E-state index contributed by atoms with van der Waals surface area (Å²) in [7, 11) is 0. The van der Waals surface area contributed by atoms with Crippen molar-refractivity contribution in [1.29, 1.82) is 0 Å². The summed E-state index contributed by atoms with van der Waals surface area (Å²) in [4.78, 5) is 63.1. The Labute approximate surface area is 223 Å². The topological polar surface area (TPSA) is 164 Å². The Morgan fingerprint density at radius 1 is 1.05 bits per heavy atom. The van der Waals surface area contributed by atoms with E-state index in [0.29, 0.717) is 29.9 Å². The third-order valence-electron chi connectivity index (χ3n) is 5.87. The molecule has 196 valence electrons. The fraction of sp³-hybridized carbons (Fsp3) is 0.231. The Bertz CT molecular complexity index is 1340. The van der Waals surface area contributed by atoms with Gasteiger partial charge in [-0.25, -0.2) is 4.98 Å². The van der Waals surface area contributed by atoms with Crippen LogP contribution in [0.15, 0.2) is 71.2 Å². The molecule has 11 nitrogen and oxygen atoms in total. The lowest BCUT2D eigenvalue weighted by molar-refractivity contribution is -0.123. The van der Waals surface area contributed by atoms with Gasteiger partial charge in [0.15, 0.2) is 11.0 Å². The van der Waals surface area contributed by atoms with Crippen LogP contribution in [0.2, 0.25) is 0 Å². The number of fused-ring (bicyclic) bond motifs is 1. The van der Waals surface area contributed by atoms with E-state index in [9.17, 15) is 19.2 Å². The predicted octanol–water partition coefficient (Wildman–Crippen LogP) is 1.56. The average Bonchev–Trinajstić information content (AvgIpc) is 3.46. The molecule has 3 aromatic rings. The number of Topliss-reactive ketones (excluding diaryl/α,β-unsaturated/α-hetero) is 1. The third-order valence-corrected chi connectivity index (χ3v) is 6.65. The summed E-state index contributed by atoms with van der Waals surface area (Å²) in [5, 5.41) is 4.69. The molecular weight excluding hydrogens is 506 g/mol. The Hall–Kier alpha value is -4.58. The zero-order valence-corrected chi connectivity index (χ0v) is 21.3. The molecule has 0 saturated heterocycles. The standard InChI is InChI=1S/C26H27N7O4S/c27-26(28)30-12-6-9-18(23(36)24-29-13-14-38-24)31-21(34)15-32-19-10-4-5-11-20(19)33(16-22(32)35)25(37)17-7-2-1-3-8-17/h1-5,7-8,10-11,13-14,18H,6,9,12,15-16H2,(H,31,34)(H4,27,28,30). The van der Waals surface area contributed by atoms with Gasteiger partial charge >= 0.3 is 0 Å². The lowest BCUT2D eigenvalue weighted by Crippen LogP contribution is -2.52. The summed E-state index contributed by atoms with van der Waals surface area (Å²) < 4.78 is 0. The van der Waals surface area contributed by atoms with Crippen LogP contribution in [0.3, 0.4) is 0 Å². The maximum absolute atomic E-state index is 13.2. The van der Waals surface area contributed by atoms with E-state index in [2.05, 4.69) is 15.3 Å². The highest BCUT2D eigenvalue weighted by molar-refractivity contribution is 7.11. The largest absolute Gasteiger partial charge is 0.370 e. The number of rotatable bonds is 10. The first kappa shape index (κ1) is 26.5. The van der Waals surface area contributed by atoms with Crippen LogP contribution in [0.4, 0.5) is 11.4 Å². The van der Waals surface area contributed by atoms with Crippen LogP contribution in [-0.4, -0.2) is 60.1 Å². The van der Waals surface area contributed by atoms with Crippen molar-refractivity contribution in [2.45, 2.75) is 18.9 Å². The molecule has 1 unspecified atom stereocenters. The number of anilines is 2. The van der Waals surface area contributed by atoms with Gasteiger partial charge in [0.25, 0.3) is 5.91 Å². The van der Waals surface area contributed by atoms with Gasteiger partial charge < -0.3 is 16.8 Å². The number of thiazole rings is 1. The SMILES string of the molecule is NC(N)=NCCCC(NC(=O)CN1C(=O)CN(C(=O)c2ccccc2)c2ccccc21)C(=O)c1nccs1. The maximum Gasteiger partial charge on any atom is 0.258 e. The quantitative estimate of drug-likeness (QED) is 0.154. The molecule has 1 aromatic heterocycles. The van der Waals surface area contributed by atoms with E-state index >= 15 is 0 Å². The van der Waals surface area contributed by atoms with Gasteiger partial charge in [0.2, 0.25) is 17.6 Å². The Kier molecular flexibility index (Phi) is 8.44. The van der Waals surface area contributed by atoms with Crippen molar-refractivity contribution < 1.29 is 19.2 Å². The summed E-state index contributed by atoms with van der Waals surface area (Å²) in [6, 6.07) is 14.7. The zero-order valence-electron chi connectivity index (χ0n) is 20.4. The van der Waals surface area contributed by atoms with Crippen LogP contribution in [0.25, 0.3) is 0 Å². The second-order valence-corrected chi connectivity index (χ2v) is 9.39. The molecule has 0 saturated carbocycles. The maximum atomic E-state index is 13.2. The van der Waals surface area contributed by atoms with Gasteiger partial charge in [0.05, 0.1) is 17.4 Å². The molecule has 1 atom stereocenters. The average molecular weight is 534 g/mol. The van der Waals surface area contributed by atoms with E-state index in [0.717, 1.165) is 0 Å². The van der Waals surface area contributed by atoms with Crippen LogP contribution in [-0.2, 0) is 9.59 Å². The molecule has 12 heteroatoms. The number of aromatic nitrogens is 1. The normalized spacial score (nSPS) is 13.4.